The summed E-state index contributed by atoms with van der Waals surface area (Å²) in [6, 6.07) is 5.32. The van der Waals surface area contributed by atoms with Crippen molar-refractivity contribution < 1.29 is 4.79 Å². The number of carbonyl (C=O) groups excluding carboxylic acids is 1. The van der Waals surface area contributed by atoms with E-state index in [0.29, 0.717) is 17.8 Å². The third kappa shape index (κ3) is 6.34. The van der Waals surface area contributed by atoms with Crippen molar-refractivity contribution in [3.63, 3.8) is 0 Å². The Balaban J connectivity index is 2.24. The van der Waals surface area contributed by atoms with Crippen LogP contribution in [0.3, 0.4) is 0 Å². The molecule has 0 spiro atoms. The minimum absolute atomic E-state index is 0.0888. The van der Waals surface area contributed by atoms with Gasteiger partial charge < -0.3 is 11.1 Å². The highest BCUT2D eigenvalue weighted by atomic mass is 79.9. The van der Waals surface area contributed by atoms with Crippen molar-refractivity contribution in [2.45, 2.75) is 25.7 Å². The summed E-state index contributed by atoms with van der Waals surface area (Å²) in [5.41, 5.74) is 6.87. The van der Waals surface area contributed by atoms with E-state index in [-0.39, 0.29) is 5.91 Å². The number of unbranched alkanes of at least 4 members (excludes halogenated alkanes) is 3. The van der Waals surface area contributed by atoms with E-state index in [9.17, 15) is 4.79 Å². The smallest absolute Gasteiger partial charge is 0.253 e. The van der Waals surface area contributed by atoms with Crippen LogP contribution in [0.4, 0.5) is 5.69 Å². The second-order valence-electron chi connectivity index (χ2n) is 4.39. The molecule has 106 valence electrons. The maximum absolute atomic E-state index is 11.9. The van der Waals surface area contributed by atoms with Crippen LogP contribution in [-0.2, 0) is 0 Å². The molecule has 0 saturated carbocycles. The molecular weight excluding hydrogens is 324 g/mol. The quantitative estimate of drug-likeness (QED) is 0.558. The van der Waals surface area contributed by atoms with E-state index in [2.05, 4.69) is 27.5 Å². The maximum Gasteiger partial charge on any atom is 0.253 e. The van der Waals surface area contributed by atoms with Gasteiger partial charge in [0.15, 0.2) is 0 Å². The molecule has 3 nitrogen and oxygen atoms in total. The minimum Gasteiger partial charge on any atom is -0.398 e. The summed E-state index contributed by atoms with van der Waals surface area (Å²) in [5.74, 6) is 1.14. The molecule has 19 heavy (non-hydrogen) atoms. The van der Waals surface area contributed by atoms with Gasteiger partial charge in [-0.05, 0) is 43.0 Å². The van der Waals surface area contributed by atoms with Crippen molar-refractivity contribution in [2.75, 3.05) is 24.3 Å². The highest BCUT2D eigenvalue weighted by Crippen LogP contribution is 2.18. The summed E-state index contributed by atoms with van der Waals surface area (Å²) >= 11 is 5.21. The second-order valence-corrected chi connectivity index (χ2v) is 6.30. The summed E-state index contributed by atoms with van der Waals surface area (Å²) in [5, 5.41) is 2.91. The average molecular weight is 345 g/mol. The number of carbonyl (C=O) groups is 1. The lowest BCUT2D eigenvalue weighted by Gasteiger charge is -2.07. The lowest BCUT2D eigenvalue weighted by atomic mass is 10.1. The molecule has 1 amide bonds. The van der Waals surface area contributed by atoms with Gasteiger partial charge in [-0.25, -0.2) is 0 Å². The Hall–Kier alpha value is -0.680. The molecule has 0 fully saturated rings. The SMILES string of the molecule is CSCCCCCCNC(=O)c1ccc(Br)cc1N. The number of thioether (sulfide) groups is 1. The molecule has 0 aliphatic heterocycles. The summed E-state index contributed by atoms with van der Waals surface area (Å²) in [4.78, 5) is 11.9. The number of anilines is 1. The predicted octanol–water partition coefficient (Wildman–Crippen LogP) is 3.68. The van der Waals surface area contributed by atoms with Gasteiger partial charge in [-0.15, -0.1) is 0 Å². The highest BCUT2D eigenvalue weighted by Gasteiger charge is 2.08. The lowest BCUT2D eigenvalue weighted by molar-refractivity contribution is 0.0954. The molecule has 5 heteroatoms. The van der Waals surface area contributed by atoms with Crippen LogP contribution in [-0.4, -0.2) is 24.5 Å². The molecule has 3 N–H and O–H groups in total. The van der Waals surface area contributed by atoms with Crippen molar-refractivity contribution in [1.29, 1.82) is 0 Å². The van der Waals surface area contributed by atoms with E-state index in [0.717, 1.165) is 17.3 Å². The number of rotatable bonds is 8. The lowest BCUT2D eigenvalue weighted by Crippen LogP contribution is -2.25. The third-order valence-electron chi connectivity index (χ3n) is 2.82. The van der Waals surface area contributed by atoms with E-state index in [1.807, 2.05) is 17.8 Å². The van der Waals surface area contributed by atoms with E-state index in [4.69, 9.17) is 5.73 Å². The normalized spacial score (nSPS) is 10.4. The molecule has 1 rings (SSSR count). The number of hydrogen-bond acceptors (Lipinski definition) is 3. The zero-order valence-corrected chi connectivity index (χ0v) is 13.6. The molecule has 1 aromatic rings. The largest absolute Gasteiger partial charge is 0.398 e. The molecule has 0 saturated heterocycles. The van der Waals surface area contributed by atoms with Gasteiger partial charge in [0.25, 0.3) is 5.91 Å². The maximum atomic E-state index is 11.9. The van der Waals surface area contributed by atoms with Gasteiger partial charge >= 0.3 is 0 Å². The Morgan fingerprint density at radius 3 is 2.74 bits per heavy atom. The Morgan fingerprint density at radius 2 is 2.05 bits per heavy atom. The first kappa shape index (κ1) is 16.4. The van der Waals surface area contributed by atoms with Crippen LogP contribution in [0.1, 0.15) is 36.0 Å². The Morgan fingerprint density at radius 1 is 1.32 bits per heavy atom. The minimum atomic E-state index is -0.0888. The summed E-state index contributed by atoms with van der Waals surface area (Å²) < 4.78 is 0.885. The molecule has 0 atom stereocenters. The zero-order valence-electron chi connectivity index (χ0n) is 11.2. The van der Waals surface area contributed by atoms with Crippen LogP contribution in [0, 0.1) is 0 Å². The third-order valence-corrected chi connectivity index (χ3v) is 4.01. The Kier molecular flexibility index (Phi) is 7.98. The van der Waals surface area contributed by atoms with Crippen LogP contribution in [0.5, 0.6) is 0 Å². The van der Waals surface area contributed by atoms with Gasteiger partial charge in [-0.3, -0.25) is 4.79 Å². The fraction of sp³-hybridized carbons (Fsp3) is 0.500. The van der Waals surface area contributed by atoms with Crippen LogP contribution < -0.4 is 11.1 Å². The van der Waals surface area contributed by atoms with Crippen molar-refractivity contribution in [2.24, 2.45) is 0 Å². The summed E-state index contributed by atoms with van der Waals surface area (Å²) in [6.07, 6.45) is 6.81. The topological polar surface area (TPSA) is 55.1 Å². The predicted molar refractivity (Wildman–Crippen MR) is 87.7 cm³/mol. The first-order valence-corrected chi connectivity index (χ1v) is 8.66. The van der Waals surface area contributed by atoms with Gasteiger partial charge in [0, 0.05) is 16.7 Å². The van der Waals surface area contributed by atoms with E-state index >= 15 is 0 Å². The summed E-state index contributed by atoms with van der Waals surface area (Å²) in [6.45, 7) is 0.716. The Bertz CT molecular complexity index is 412. The number of nitrogen functional groups attached to an aromatic ring is 1. The van der Waals surface area contributed by atoms with E-state index in [1.54, 1.807) is 12.1 Å². The van der Waals surface area contributed by atoms with Gasteiger partial charge in [-0.2, -0.15) is 11.8 Å². The molecule has 0 unspecified atom stereocenters. The average Bonchev–Trinajstić information content (AvgIpc) is 2.37. The van der Waals surface area contributed by atoms with Crippen molar-refractivity contribution in [3.8, 4) is 0 Å². The van der Waals surface area contributed by atoms with E-state index < -0.39 is 0 Å². The van der Waals surface area contributed by atoms with Crippen LogP contribution in [0.25, 0.3) is 0 Å². The van der Waals surface area contributed by atoms with Gasteiger partial charge in [-0.1, -0.05) is 28.8 Å². The van der Waals surface area contributed by atoms with Crippen molar-refractivity contribution in [3.05, 3.63) is 28.2 Å². The van der Waals surface area contributed by atoms with E-state index in [1.165, 1.54) is 18.6 Å². The van der Waals surface area contributed by atoms with Gasteiger partial charge in [0.2, 0.25) is 0 Å². The fourth-order valence-corrected chi connectivity index (χ4v) is 2.63. The molecule has 0 bridgehead atoms. The molecule has 0 aromatic heterocycles. The number of hydrogen-bond donors (Lipinski definition) is 2. The monoisotopic (exact) mass is 344 g/mol. The molecule has 0 radical (unpaired) electrons. The molecule has 0 aliphatic carbocycles. The van der Waals surface area contributed by atoms with Crippen LogP contribution in [0.2, 0.25) is 0 Å². The fourth-order valence-electron chi connectivity index (χ4n) is 1.76. The number of nitrogens with one attached hydrogen (secondary N) is 1. The first-order chi connectivity index (χ1) is 9.15. The molecule has 0 aliphatic rings. The molecule has 1 aromatic carbocycles. The number of halogens is 1. The highest BCUT2D eigenvalue weighted by molar-refractivity contribution is 9.10. The zero-order chi connectivity index (χ0) is 14.1. The second kappa shape index (κ2) is 9.26. The van der Waals surface area contributed by atoms with Gasteiger partial charge in [0.05, 0.1) is 5.56 Å². The van der Waals surface area contributed by atoms with Crippen LogP contribution in [0.15, 0.2) is 22.7 Å². The van der Waals surface area contributed by atoms with Crippen molar-refractivity contribution >= 4 is 39.3 Å². The number of nitrogens with two attached hydrogens (primary N) is 1. The molecule has 0 heterocycles. The Labute approximate surface area is 127 Å². The van der Waals surface area contributed by atoms with Crippen LogP contribution >= 0.6 is 27.7 Å². The van der Waals surface area contributed by atoms with Crippen molar-refractivity contribution in [1.82, 2.24) is 5.32 Å². The number of amides is 1. The summed E-state index contributed by atoms with van der Waals surface area (Å²) in [7, 11) is 0. The molecular formula is C14H21BrN2OS. The van der Waals surface area contributed by atoms with Gasteiger partial charge in [0.1, 0.15) is 0 Å². The number of benzene rings is 1. The first-order valence-electron chi connectivity index (χ1n) is 6.47. The standard InChI is InChI=1S/C14H21BrN2OS/c1-19-9-5-3-2-4-8-17-14(18)12-7-6-11(15)10-13(12)16/h6-7,10H,2-5,8-9,16H2,1H3,(H,17,18).